The highest BCUT2D eigenvalue weighted by molar-refractivity contribution is 5.66. The van der Waals surface area contributed by atoms with Gasteiger partial charge in [0.05, 0.1) is 0 Å². The Balaban J connectivity index is 1.37. The number of hydrogen-bond acceptors (Lipinski definition) is 2. The zero-order valence-corrected chi connectivity index (χ0v) is 23.4. The Hall–Kier alpha value is -0.790. The third-order valence-corrected chi connectivity index (χ3v) is 13.4. The molecule has 0 amide bonds. The SMILES string of the molecule is C=C(C)CCC[C@@H](C)[C@H]1CC[C@@]2(C)[C@@H]3CC[C@H]4C(C)(C)[C@@H](OC(C)=O)CC[C@@]45C[C@@]35CC[C@]12C. The summed E-state index contributed by atoms with van der Waals surface area (Å²) in [6.07, 6.45) is 16.4. The monoisotopic (exact) mass is 468 g/mol. The quantitative estimate of drug-likeness (QED) is 0.288. The standard InChI is InChI=1S/C32H52O2/c1-21(2)10-9-11-22(3)24-14-16-30(8)26-13-12-25-28(5,6)27(34-23(4)33)15-17-31(25)20-32(26,31)19-18-29(24,30)7/h22,24-27H,1,9-20H2,2-8H3/t22-,24-,25+,26+,27+,29-,30+,31-,32+/m1/s1. The fourth-order valence-electron chi connectivity index (χ4n) is 11.6. The summed E-state index contributed by atoms with van der Waals surface area (Å²) in [5.41, 5.74) is 3.58. The van der Waals surface area contributed by atoms with Gasteiger partial charge in [-0.3, -0.25) is 4.79 Å². The van der Waals surface area contributed by atoms with Crippen molar-refractivity contribution in [3.8, 4) is 0 Å². The van der Waals surface area contributed by atoms with E-state index in [4.69, 9.17) is 4.74 Å². The van der Waals surface area contributed by atoms with Crippen molar-refractivity contribution in [3.63, 3.8) is 0 Å². The van der Waals surface area contributed by atoms with Crippen LogP contribution in [0.15, 0.2) is 12.2 Å². The fourth-order valence-corrected chi connectivity index (χ4v) is 11.6. The van der Waals surface area contributed by atoms with Gasteiger partial charge in [-0.05, 0) is 123 Å². The van der Waals surface area contributed by atoms with Crippen LogP contribution in [0.25, 0.3) is 0 Å². The Morgan fingerprint density at radius 1 is 0.912 bits per heavy atom. The molecule has 5 aliphatic carbocycles. The second kappa shape index (κ2) is 7.85. The van der Waals surface area contributed by atoms with Crippen LogP contribution in [0.2, 0.25) is 0 Å². The molecule has 2 nitrogen and oxygen atoms in total. The van der Waals surface area contributed by atoms with Crippen molar-refractivity contribution in [2.75, 3.05) is 0 Å². The summed E-state index contributed by atoms with van der Waals surface area (Å²) in [5.74, 6) is 3.26. The topological polar surface area (TPSA) is 26.3 Å². The van der Waals surface area contributed by atoms with Crippen LogP contribution >= 0.6 is 0 Å². The summed E-state index contributed by atoms with van der Waals surface area (Å²) >= 11 is 0. The summed E-state index contributed by atoms with van der Waals surface area (Å²) in [6.45, 7) is 20.8. The Labute approximate surface area is 210 Å². The normalized spacial score (nSPS) is 49.1. The Bertz CT molecular complexity index is 857. The zero-order chi connectivity index (χ0) is 24.7. The predicted octanol–water partition coefficient (Wildman–Crippen LogP) is 8.74. The van der Waals surface area contributed by atoms with Crippen LogP contribution in [0.4, 0.5) is 0 Å². The molecular weight excluding hydrogens is 416 g/mol. The molecule has 0 unspecified atom stereocenters. The summed E-state index contributed by atoms with van der Waals surface area (Å²) in [6, 6.07) is 0. The minimum absolute atomic E-state index is 0.0940. The Morgan fingerprint density at radius 3 is 2.26 bits per heavy atom. The number of rotatable bonds is 6. The van der Waals surface area contributed by atoms with Crippen LogP contribution in [0.3, 0.4) is 0 Å². The predicted molar refractivity (Wildman–Crippen MR) is 140 cm³/mol. The summed E-state index contributed by atoms with van der Waals surface area (Å²) in [5, 5.41) is 0. The van der Waals surface area contributed by atoms with E-state index < -0.39 is 0 Å². The minimum Gasteiger partial charge on any atom is -0.462 e. The van der Waals surface area contributed by atoms with E-state index in [-0.39, 0.29) is 17.5 Å². The van der Waals surface area contributed by atoms with Gasteiger partial charge < -0.3 is 4.74 Å². The maximum Gasteiger partial charge on any atom is 0.302 e. The third kappa shape index (κ3) is 3.14. The smallest absolute Gasteiger partial charge is 0.302 e. The van der Waals surface area contributed by atoms with E-state index in [2.05, 4.69) is 48.1 Å². The van der Waals surface area contributed by atoms with Gasteiger partial charge in [0.15, 0.2) is 0 Å². The van der Waals surface area contributed by atoms with Crippen LogP contribution < -0.4 is 0 Å². The summed E-state index contributed by atoms with van der Waals surface area (Å²) in [4.78, 5) is 11.8. The lowest BCUT2D eigenvalue weighted by Gasteiger charge is -2.63. The first kappa shape index (κ1) is 24.9. The fraction of sp³-hybridized carbons (Fsp3) is 0.906. The van der Waals surface area contributed by atoms with Gasteiger partial charge in [-0.25, -0.2) is 0 Å². The van der Waals surface area contributed by atoms with Gasteiger partial charge in [-0.15, -0.1) is 6.58 Å². The van der Waals surface area contributed by atoms with Gasteiger partial charge in [0.1, 0.15) is 6.10 Å². The highest BCUT2D eigenvalue weighted by Gasteiger charge is 2.82. The summed E-state index contributed by atoms with van der Waals surface area (Å²) < 4.78 is 5.90. The largest absolute Gasteiger partial charge is 0.462 e. The van der Waals surface area contributed by atoms with Crippen molar-refractivity contribution in [2.45, 2.75) is 132 Å². The Morgan fingerprint density at radius 2 is 1.59 bits per heavy atom. The number of allylic oxidation sites excluding steroid dienone is 1. The van der Waals surface area contributed by atoms with Crippen LogP contribution in [0.5, 0.6) is 0 Å². The maximum absolute atomic E-state index is 11.8. The molecule has 2 spiro atoms. The molecule has 5 fully saturated rings. The molecule has 0 aromatic carbocycles. The van der Waals surface area contributed by atoms with Crippen LogP contribution in [-0.4, -0.2) is 12.1 Å². The Kier molecular flexibility index (Phi) is 5.75. The van der Waals surface area contributed by atoms with Gasteiger partial charge in [0.2, 0.25) is 0 Å². The molecule has 2 heteroatoms. The number of fused-ring (bicyclic) bond motifs is 2. The molecule has 5 rings (SSSR count). The zero-order valence-electron chi connectivity index (χ0n) is 23.4. The molecule has 0 bridgehead atoms. The van der Waals surface area contributed by atoms with Crippen LogP contribution in [-0.2, 0) is 9.53 Å². The van der Waals surface area contributed by atoms with Gasteiger partial charge in [0.25, 0.3) is 0 Å². The lowest BCUT2D eigenvalue weighted by atomic mass is 9.41. The van der Waals surface area contributed by atoms with E-state index >= 15 is 0 Å². The van der Waals surface area contributed by atoms with E-state index in [1.54, 1.807) is 6.92 Å². The molecule has 0 saturated heterocycles. The van der Waals surface area contributed by atoms with E-state index in [1.807, 2.05) is 0 Å². The van der Waals surface area contributed by atoms with Crippen LogP contribution in [0, 0.1) is 50.7 Å². The van der Waals surface area contributed by atoms with Crippen LogP contribution in [0.1, 0.15) is 126 Å². The van der Waals surface area contributed by atoms with Crippen molar-refractivity contribution in [1.29, 1.82) is 0 Å². The molecule has 0 heterocycles. The molecule has 5 saturated carbocycles. The molecule has 5 aliphatic rings. The van der Waals surface area contributed by atoms with Gasteiger partial charge >= 0.3 is 5.97 Å². The number of ether oxygens (including phenoxy) is 1. The maximum atomic E-state index is 11.8. The molecule has 9 atom stereocenters. The van der Waals surface area contributed by atoms with Gasteiger partial charge in [0, 0.05) is 12.3 Å². The van der Waals surface area contributed by atoms with Gasteiger partial charge in [-0.1, -0.05) is 46.6 Å². The molecule has 34 heavy (non-hydrogen) atoms. The molecule has 192 valence electrons. The average molecular weight is 469 g/mol. The van der Waals surface area contributed by atoms with Crippen molar-refractivity contribution >= 4 is 5.97 Å². The van der Waals surface area contributed by atoms with Gasteiger partial charge in [-0.2, -0.15) is 0 Å². The molecule has 0 N–H and O–H groups in total. The number of carbonyl (C=O) groups excluding carboxylic acids is 1. The highest BCUT2D eigenvalue weighted by atomic mass is 16.5. The van der Waals surface area contributed by atoms with E-state index in [0.717, 1.165) is 30.1 Å². The second-order valence-corrected chi connectivity index (χ2v) is 14.9. The second-order valence-electron chi connectivity index (χ2n) is 14.9. The number of hydrogen-bond donors (Lipinski definition) is 0. The number of esters is 1. The third-order valence-electron chi connectivity index (χ3n) is 13.4. The molecule has 0 aromatic rings. The lowest BCUT2D eigenvalue weighted by Crippen LogP contribution is -2.58. The molecule has 0 aromatic heterocycles. The van der Waals surface area contributed by atoms with Crippen molar-refractivity contribution < 1.29 is 9.53 Å². The van der Waals surface area contributed by atoms with Crippen molar-refractivity contribution in [3.05, 3.63) is 12.2 Å². The van der Waals surface area contributed by atoms with E-state index in [9.17, 15) is 4.79 Å². The molecular formula is C32H52O2. The minimum atomic E-state index is -0.0940. The number of carbonyl (C=O) groups is 1. The molecule has 0 radical (unpaired) electrons. The van der Waals surface area contributed by atoms with Crippen molar-refractivity contribution in [2.24, 2.45) is 50.7 Å². The first-order valence-corrected chi connectivity index (χ1v) is 14.7. The first-order chi connectivity index (χ1) is 15.8. The van der Waals surface area contributed by atoms with E-state index in [0.29, 0.717) is 21.7 Å². The summed E-state index contributed by atoms with van der Waals surface area (Å²) in [7, 11) is 0. The molecule has 0 aliphatic heterocycles. The highest BCUT2D eigenvalue weighted by Crippen LogP contribution is 2.89. The first-order valence-electron chi connectivity index (χ1n) is 14.7. The average Bonchev–Trinajstić information content (AvgIpc) is 3.32. The van der Waals surface area contributed by atoms with Crippen molar-refractivity contribution in [1.82, 2.24) is 0 Å². The lowest BCUT2D eigenvalue weighted by molar-refractivity contribution is -0.181. The van der Waals surface area contributed by atoms with E-state index in [1.165, 1.54) is 76.2 Å².